The van der Waals surface area contributed by atoms with Crippen molar-refractivity contribution in [3.05, 3.63) is 55.0 Å². The highest BCUT2D eigenvalue weighted by molar-refractivity contribution is 6.05. The lowest BCUT2D eigenvalue weighted by molar-refractivity contribution is 0.262. The second-order valence-electron chi connectivity index (χ2n) is 4.48. The minimum atomic E-state index is -0.271. The van der Waals surface area contributed by atoms with Crippen LogP contribution < -0.4 is 10.6 Å². The Morgan fingerprint density at radius 1 is 1.10 bits per heavy atom. The molecule has 0 bridgehead atoms. The van der Waals surface area contributed by atoms with Gasteiger partial charge in [-0.25, -0.2) is 4.79 Å². The van der Waals surface area contributed by atoms with Gasteiger partial charge in [-0.2, -0.15) is 0 Å². The van der Waals surface area contributed by atoms with Crippen LogP contribution in [0.1, 0.15) is 0 Å². The molecule has 5 nitrogen and oxygen atoms in total. The van der Waals surface area contributed by atoms with Gasteiger partial charge in [0.2, 0.25) is 0 Å². The molecule has 0 spiro atoms. The summed E-state index contributed by atoms with van der Waals surface area (Å²) in [6.07, 6.45) is 5.23. The van der Waals surface area contributed by atoms with E-state index in [9.17, 15) is 4.79 Å². The highest BCUT2D eigenvalue weighted by Crippen LogP contribution is 2.23. The smallest absolute Gasteiger partial charge is 0.323 e. The van der Waals surface area contributed by atoms with E-state index in [0.29, 0.717) is 5.69 Å². The molecule has 0 aliphatic heterocycles. The zero-order valence-corrected chi connectivity index (χ0v) is 12.2. The first-order valence-electron chi connectivity index (χ1n) is 6.26. The van der Waals surface area contributed by atoms with Crippen molar-refractivity contribution in [3.8, 4) is 0 Å². The van der Waals surface area contributed by atoms with E-state index in [1.165, 1.54) is 0 Å². The maximum Gasteiger partial charge on any atom is 0.323 e. The summed E-state index contributed by atoms with van der Waals surface area (Å²) in [5, 5.41) is 6.64. The number of carbonyl (C=O) groups excluding carboxylic acids is 1. The Morgan fingerprint density at radius 2 is 1.86 bits per heavy atom. The highest BCUT2D eigenvalue weighted by Gasteiger charge is 2.07. The lowest BCUT2D eigenvalue weighted by Gasteiger charge is -2.08. The topological polar surface area (TPSA) is 59.0 Å². The summed E-state index contributed by atoms with van der Waals surface area (Å²) in [5.41, 5.74) is 2.57. The Morgan fingerprint density at radius 3 is 2.62 bits per heavy atom. The van der Waals surface area contributed by atoms with Crippen LogP contribution in [0, 0.1) is 0 Å². The first-order valence-corrected chi connectivity index (χ1v) is 6.26. The summed E-state index contributed by atoms with van der Waals surface area (Å²) in [7, 11) is 1.98. The monoisotopic (exact) mass is 302 g/mol. The third kappa shape index (κ3) is 3.14. The molecule has 2 amide bonds. The summed E-state index contributed by atoms with van der Waals surface area (Å²) in [6.45, 7) is 0. The van der Waals surface area contributed by atoms with E-state index in [1.807, 2.05) is 42.1 Å². The van der Waals surface area contributed by atoms with Gasteiger partial charge in [0.1, 0.15) is 0 Å². The van der Waals surface area contributed by atoms with E-state index in [-0.39, 0.29) is 18.4 Å². The van der Waals surface area contributed by atoms with E-state index < -0.39 is 0 Å². The van der Waals surface area contributed by atoms with Gasteiger partial charge in [0.15, 0.2) is 0 Å². The normalized spacial score (nSPS) is 9.95. The van der Waals surface area contributed by atoms with Crippen molar-refractivity contribution in [2.75, 3.05) is 10.6 Å². The number of nitrogens with zero attached hydrogens (tertiary/aromatic N) is 2. The molecule has 0 unspecified atom stereocenters. The largest absolute Gasteiger partial charge is 0.350 e. The maximum absolute atomic E-state index is 12.0. The van der Waals surface area contributed by atoms with Gasteiger partial charge in [-0.15, -0.1) is 12.4 Å². The van der Waals surface area contributed by atoms with E-state index in [1.54, 1.807) is 24.5 Å². The number of amides is 2. The van der Waals surface area contributed by atoms with Crippen LogP contribution in [0.2, 0.25) is 0 Å². The van der Waals surface area contributed by atoms with Crippen molar-refractivity contribution in [2.24, 2.45) is 7.05 Å². The van der Waals surface area contributed by atoms with E-state index in [0.717, 1.165) is 16.6 Å². The molecule has 0 aliphatic carbocycles. The fraction of sp³-hybridized carbons (Fsp3) is 0.0667. The summed E-state index contributed by atoms with van der Waals surface area (Å²) < 4.78 is 2.02. The van der Waals surface area contributed by atoms with Crippen molar-refractivity contribution in [1.82, 2.24) is 9.55 Å². The van der Waals surface area contributed by atoms with Crippen LogP contribution in [0.15, 0.2) is 55.0 Å². The molecule has 3 rings (SSSR count). The molecule has 0 radical (unpaired) electrons. The maximum atomic E-state index is 12.0. The van der Waals surface area contributed by atoms with Crippen molar-refractivity contribution < 1.29 is 4.79 Å². The van der Waals surface area contributed by atoms with Gasteiger partial charge in [-0.05, 0) is 30.3 Å². The Labute approximate surface area is 128 Å². The summed E-state index contributed by atoms with van der Waals surface area (Å²) in [4.78, 5) is 15.9. The quantitative estimate of drug-likeness (QED) is 0.759. The number of anilines is 2. The number of aromatic nitrogens is 2. The number of nitrogens with one attached hydrogen (secondary N) is 2. The molecular weight excluding hydrogens is 288 g/mol. The summed E-state index contributed by atoms with van der Waals surface area (Å²) >= 11 is 0. The van der Waals surface area contributed by atoms with Crippen molar-refractivity contribution in [2.45, 2.75) is 0 Å². The lowest BCUT2D eigenvalue weighted by Crippen LogP contribution is -2.19. The fourth-order valence-electron chi connectivity index (χ4n) is 2.13. The Hall–Kier alpha value is -2.53. The molecule has 0 saturated carbocycles. The van der Waals surface area contributed by atoms with Gasteiger partial charge in [0, 0.05) is 42.2 Å². The van der Waals surface area contributed by atoms with Gasteiger partial charge in [0.25, 0.3) is 0 Å². The number of aryl methyl sites for hydroxylation is 1. The van der Waals surface area contributed by atoms with E-state index in [4.69, 9.17) is 0 Å². The standard InChI is InChI=1S/C15H14N4O.ClH/c1-19-10-7-12-13(3-2-4-14(12)19)18-15(20)17-11-5-8-16-9-6-11;/h2-10H,1H3,(H2,16,17,18,20);1H. The van der Waals surface area contributed by atoms with Crippen LogP contribution in [0.25, 0.3) is 10.9 Å². The molecule has 3 aromatic rings. The molecule has 2 N–H and O–H groups in total. The average Bonchev–Trinajstić information content (AvgIpc) is 2.83. The number of fused-ring (bicyclic) bond motifs is 1. The number of carbonyl (C=O) groups is 1. The number of urea groups is 1. The minimum absolute atomic E-state index is 0. The summed E-state index contributed by atoms with van der Waals surface area (Å²) in [5.74, 6) is 0. The zero-order chi connectivity index (χ0) is 13.9. The van der Waals surface area contributed by atoms with Crippen LogP contribution in [-0.2, 0) is 7.05 Å². The molecule has 6 heteroatoms. The van der Waals surface area contributed by atoms with Gasteiger partial charge in [-0.3, -0.25) is 4.98 Å². The van der Waals surface area contributed by atoms with E-state index in [2.05, 4.69) is 15.6 Å². The van der Waals surface area contributed by atoms with E-state index >= 15 is 0 Å². The van der Waals surface area contributed by atoms with Gasteiger partial charge in [-0.1, -0.05) is 6.07 Å². The van der Waals surface area contributed by atoms with Crippen molar-refractivity contribution in [3.63, 3.8) is 0 Å². The average molecular weight is 303 g/mol. The van der Waals surface area contributed by atoms with Crippen LogP contribution in [0.5, 0.6) is 0 Å². The molecular formula is C15H15ClN4O. The van der Waals surface area contributed by atoms with Crippen molar-refractivity contribution >= 4 is 40.7 Å². The molecule has 0 saturated heterocycles. The Bertz CT molecular complexity index is 755. The van der Waals surface area contributed by atoms with Gasteiger partial charge >= 0.3 is 6.03 Å². The minimum Gasteiger partial charge on any atom is -0.350 e. The van der Waals surface area contributed by atoms with Crippen LogP contribution >= 0.6 is 12.4 Å². The molecule has 0 aliphatic rings. The number of pyridine rings is 1. The third-order valence-electron chi connectivity index (χ3n) is 3.11. The molecule has 0 fully saturated rings. The number of halogens is 1. The van der Waals surface area contributed by atoms with Crippen molar-refractivity contribution in [1.29, 1.82) is 0 Å². The first kappa shape index (κ1) is 14.9. The zero-order valence-electron chi connectivity index (χ0n) is 11.4. The SMILES string of the molecule is Cl.Cn1ccc2c(NC(=O)Nc3ccncc3)cccc21. The number of hydrogen-bond acceptors (Lipinski definition) is 2. The highest BCUT2D eigenvalue weighted by atomic mass is 35.5. The van der Waals surface area contributed by atoms with Crippen LogP contribution in [0.4, 0.5) is 16.2 Å². The third-order valence-corrected chi connectivity index (χ3v) is 3.11. The number of hydrogen-bond donors (Lipinski definition) is 2. The predicted octanol–water partition coefficient (Wildman–Crippen LogP) is 3.64. The molecule has 0 atom stereocenters. The molecule has 1 aromatic carbocycles. The second-order valence-corrected chi connectivity index (χ2v) is 4.48. The molecule has 108 valence electrons. The lowest BCUT2D eigenvalue weighted by atomic mass is 10.2. The first-order chi connectivity index (χ1) is 9.74. The number of benzene rings is 1. The van der Waals surface area contributed by atoms with Gasteiger partial charge < -0.3 is 15.2 Å². The predicted molar refractivity (Wildman–Crippen MR) is 87.0 cm³/mol. The fourth-order valence-corrected chi connectivity index (χ4v) is 2.13. The molecule has 2 heterocycles. The van der Waals surface area contributed by atoms with Crippen LogP contribution in [-0.4, -0.2) is 15.6 Å². The second kappa shape index (κ2) is 6.28. The summed E-state index contributed by atoms with van der Waals surface area (Å²) in [6, 6.07) is 11.0. The molecule has 2 aromatic heterocycles. The molecule has 21 heavy (non-hydrogen) atoms. The Kier molecular flexibility index (Phi) is 4.45. The van der Waals surface area contributed by atoms with Gasteiger partial charge in [0.05, 0.1) is 5.69 Å². The van der Waals surface area contributed by atoms with Crippen LogP contribution in [0.3, 0.4) is 0 Å². The number of rotatable bonds is 2. The Balaban J connectivity index is 0.00000161.